The number of nitrogens with one attached hydrogen (secondary N) is 2. The second-order valence-electron chi connectivity index (χ2n) is 5.31. The smallest absolute Gasteiger partial charge is 0.222 e. The Balaban J connectivity index is 1.67. The molecule has 0 aliphatic carbocycles. The fourth-order valence-electron chi connectivity index (χ4n) is 1.99. The second kappa shape index (κ2) is 7.53. The molecule has 1 amide bonds. The van der Waals surface area contributed by atoms with Gasteiger partial charge in [-0.05, 0) is 35.7 Å². The third kappa shape index (κ3) is 4.99. The molecule has 2 aromatic rings. The Morgan fingerprint density at radius 3 is 2.57 bits per heavy atom. The van der Waals surface area contributed by atoms with Crippen molar-refractivity contribution in [3.05, 3.63) is 54.0 Å². The molecule has 0 atom stereocenters. The molecule has 0 spiro atoms. The Labute approximate surface area is 125 Å². The van der Waals surface area contributed by atoms with Crippen LogP contribution in [0.3, 0.4) is 0 Å². The van der Waals surface area contributed by atoms with Crippen molar-refractivity contribution in [2.75, 3.05) is 11.9 Å². The second-order valence-corrected chi connectivity index (χ2v) is 5.31. The average Bonchev–Trinajstić information content (AvgIpc) is 2.99. The molecule has 0 aliphatic heterocycles. The summed E-state index contributed by atoms with van der Waals surface area (Å²) in [6.07, 6.45) is 2.04. The van der Waals surface area contributed by atoms with Gasteiger partial charge in [0, 0.05) is 18.7 Å². The van der Waals surface area contributed by atoms with Gasteiger partial charge >= 0.3 is 0 Å². The van der Waals surface area contributed by atoms with E-state index in [1.807, 2.05) is 12.1 Å². The van der Waals surface area contributed by atoms with Gasteiger partial charge in [-0.3, -0.25) is 4.79 Å². The summed E-state index contributed by atoms with van der Waals surface area (Å²) < 4.78 is 5.16. The van der Waals surface area contributed by atoms with Crippen molar-refractivity contribution in [1.82, 2.24) is 5.32 Å². The Morgan fingerprint density at radius 1 is 1.19 bits per heavy atom. The zero-order valence-corrected chi connectivity index (χ0v) is 12.6. The summed E-state index contributed by atoms with van der Waals surface area (Å²) >= 11 is 0. The van der Waals surface area contributed by atoms with Gasteiger partial charge in [-0.1, -0.05) is 26.0 Å². The largest absolute Gasteiger partial charge is 0.467 e. The highest BCUT2D eigenvalue weighted by Gasteiger charge is 2.03. The molecule has 1 aromatic carbocycles. The molecule has 0 saturated carbocycles. The van der Waals surface area contributed by atoms with Crippen molar-refractivity contribution in [1.29, 1.82) is 0 Å². The van der Waals surface area contributed by atoms with Gasteiger partial charge in [-0.2, -0.15) is 0 Å². The Kier molecular flexibility index (Phi) is 5.43. The molecule has 4 heteroatoms. The summed E-state index contributed by atoms with van der Waals surface area (Å²) in [4.78, 5) is 11.7. The van der Waals surface area contributed by atoms with E-state index < -0.39 is 0 Å². The van der Waals surface area contributed by atoms with E-state index in [2.05, 4.69) is 48.7 Å². The summed E-state index contributed by atoms with van der Waals surface area (Å²) in [6, 6.07) is 12.0. The van der Waals surface area contributed by atoms with Gasteiger partial charge in [0.2, 0.25) is 5.91 Å². The number of anilines is 1. The number of carbonyl (C=O) groups is 1. The Bertz CT molecular complexity index is 545. The minimum absolute atomic E-state index is 0.0118. The molecule has 4 nitrogen and oxygen atoms in total. The number of hydrogen-bond donors (Lipinski definition) is 2. The number of rotatable bonds is 7. The quantitative estimate of drug-likeness (QED) is 0.818. The zero-order chi connectivity index (χ0) is 15.1. The minimum Gasteiger partial charge on any atom is -0.467 e. The highest BCUT2D eigenvalue weighted by atomic mass is 16.3. The summed E-state index contributed by atoms with van der Waals surface area (Å²) in [5.41, 5.74) is 2.36. The van der Waals surface area contributed by atoms with Crippen LogP contribution in [0.5, 0.6) is 0 Å². The highest BCUT2D eigenvalue weighted by molar-refractivity contribution is 5.76. The van der Waals surface area contributed by atoms with E-state index in [0.29, 0.717) is 25.4 Å². The predicted octanol–water partition coefficient (Wildman–Crippen LogP) is 3.52. The maximum absolute atomic E-state index is 11.7. The Hall–Kier alpha value is -2.23. The molecule has 1 heterocycles. The molecular weight excluding hydrogens is 264 g/mol. The maximum atomic E-state index is 11.7. The molecule has 1 aromatic heterocycles. The first-order valence-corrected chi connectivity index (χ1v) is 7.28. The summed E-state index contributed by atoms with van der Waals surface area (Å²) in [6.45, 7) is 5.40. The molecule has 0 aliphatic rings. The van der Waals surface area contributed by atoms with E-state index in [0.717, 1.165) is 11.4 Å². The van der Waals surface area contributed by atoms with E-state index >= 15 is 0 Å². The first-order valence-electron chi connectivity index (χ1n) is 7.28. The van der Waals surface area contributed by atoms with E-state index in [9.17, 15) is 4.79 Å². The van der Waals surface area contributed by atoms with Crippen LogP contribution in [0.4, 0.5) is 5.69 Å². The summed E-state index contributed by atoms with van der Waals surface area (Å²) in [5.74, 6) is 1.31. The highest BCUT2D eigenvalue weighted by Crippen LogP contribution is 2.16. The molecule has 2 N–H and O–H groups in total. The van der Waals surface area contributed by atoms with Crippen LogP contribution in [0.2, 0.25) is 0 Å². The van der Waals surface area contributed by atoms with Crippen LogP contribution >= 0.6 is 0 Å². The third-order valence-electron chi connectivity index (χ3n) is 3.30. The number of carbonyl (C=O) groups excluding carboxylic acids is 1. The molecule has 112 valence electrons. The number of hydrogen-bond acceptors (Lipinski definition) is 3. The van der Waals surface area contributed by atoms with Crippen LogP contribution in [-0.2, 0) is 11.3 Å². The van der Waals surface area contributed by atoms with Crippen LogP contribution in [-0.4, -0.2) is 12.5 Å². The summed E-state index contributed by atoms with van der Waals surface area (Å²) in [5, 5.41) is 6.07. The molecule has 2 rings (SSSR count). The van der Waals surface area contributed by atoms with Gasteiger partial charge in [0.05, 0.1) is 12.8 Å². The third-order valence-corrected chi connectivity index (χ3v) is 3.30. The van der Waals surface area contributed by atoms with Crippen molar-refractivity contribution >= 4 is 11.6 Å². The number of furan rings is 1. The van der Waals surface area contributed by atoms with Crippen molar-refractivity contribution in [3.63, 3.8) is 0 Å². The SMILES string of the molecule is CC(C)c1ccc(NCCC(=O)NCc2ccco2)cc1. The van der Waals surface area contributed by atoms with Crippen LogP contribution in [0.1, 0.15) is 37.5 Å². The number of benzene rings is 1. The van der Waals surface area contributed by atoms with Gasteiger partial charge in [0.15, 0.2) is 0 Å². The van der Waals surface area contributed by atoms with Crippen molar-refractivity contribution in [3.8, 4) is 0 Å². The monoisotopic (exact) mass is 286 g/mol. The molecule has 0 fully saturated rings. The predicted molar refractivity (Wildman–Crippen MR) is 84.2 cm³/mol. The van der Waals surface area contributed by atoms with Gasteiger partial charge in [0.1, 0.15) is 5.76 Å². The zero-order valence-electron chi connectivity index (χ0n) is 12.6. The lowest BCUT2D eigenvalue weighted by atomic mass is 10.0. The van der Waals surface area contributed by atoms with E-state index in [4.69, 9.17) is 4.42 Å². The molecule has 0 bridgehead atoms. The first-order chi connectivity index (χ1) is 10.1. The van der Waals surface area contributed by atoms with Crippen molar-refractivity contribution in [2.45, 2.75) is 32.7 Å². The van der Waals surface area contributed by atoms with E-state index in [1.165, 1.54) is 5.56 Å². The molecule has 0 radical (unpaired) electrons. The van der Waals surface area contributed by atoms with Gasteiger partial charge < -0.3 is 15.1 Å². The van der Waals surface area contributed by atoms with Gasteiger partial charge in [0.25, 0.3) is 0 Å². The molecule has 0 saturated heterocycles. The molecule has 0 unspecified atom stereocenters. The Morgan fingerprint density at radius 2 is 1.95 bits per heavy atom. The first kappa shape index (κ1) is 15.2. The van der Waals surface area contributed by atoms with Crippen LogP contribution in [0.25, 0.3) is 0 Å². The maximum Gasteiger partial charge on any atom is 0.222 e. The molecular formula is C17H22N2O2. The minimum atomic E-state index is 0.0118. The van der Waals surface area contributed by atoms with E-state index in [1.54, 1.807) is 6.26 Å². The van der Waals surface area contributed by atoms with Gasteiger partial charge in [-0.25, -0.2) is 0 Å². The van der Waals surface area contributed by atoms with Crippen LogP contribution in [0, 0.1) is 0 Å². The lowest BCUT2D eigenvalue weighted by Crippen LogP contribution is -2.24. The number of amides is 1. The average molecular weight is 286 g/mol. The topological polar surface area (TPSA) is 54.3 Å². The van der Waals surface area contributed by atoms with Crippen molar-refractivity contribution in [2.24, 2.45) is 0 Å². The van der Waals surface area contributed by atoms with Crippen LogP contribution < -0.4 is 10.6 Å². The van der Waals surface area contributed by atoms with Crippen LogP contribution in [0.15, 0.2) is 47.1 Å². The lowest BCUT2D eigenvalue weighted by molar-refractivity contribution is -0.121. The fourth-order valence-corrected chi connectivity index (χ4v) is 1.99. The lowest BCUT2D eigenvalue weighted by Gasteiger charge is -2.09. The summed E-state index contributed by atoms with van der Waals surface area (Å²) in [7, 11) is 0. The van der Waals surface area contributed by atoms with Gasteiger partial charge in [-0.15, -0.1) is 0 Å². The normalized spacial score (nSPS) is 10.6. The van der Waals surface area contributed by atoms with Crippen molar-refractivity contribution < 1.29 is 9.21 Å². The molecule has 21 heavy (non-hydrogen) atoms. The standard InChI is InChI=1S/C17H22N2O2/c1-13(2)14-5-7-15(8-6-14)18-10-9-17(20)19-12-16-4-3-11-21-16/h3-8,11,13,18H,9-10,12H2,1-2H3,(H,19,20). The van der Waals surface area contributed by atoms with E-state index in [-0.39, 0.29) is 5.91 Å². The fraction of sp³-hybridized carbons (Fsp3) is 0.353.